The molecule has 5 nitrogen and oxygen atoms in total. The van der Waals surface area contributed by atoms with Crippen LogP contribution >= 0.6 is 0 Å². The molecule has 34 heavy (non-hydrogen) atoms. The summed E-state index contributed by atoms with van der Waals surface area (Å²) in [5.41, 5.74) is 7.77. The third kappa shape index (κ3) is 5.31. The second-order valence-electron chi connectivity index (χ2n) is 9.32. The van der Waals surface area contributed by atoms with Gasteiger partial charge in [-0.15, -0.1) is 0 Å². The predicted molar refractivity (Wildman–Crippen MR) is 139 cm³/mol. The fourth-order valence-electron chi connectivity index (χ4n) is 4.99. The fourth-order valence-corrected chi connectivity index (χ4v) is 4.99. The van der Waals surface area contributed by atoms with Crippen molar-refractivity contribution in [2.24, 2.45) is 0 Å². The molecular formula is C29H38N3O2. The molecule has 0 bridgehead atoms. The highest BCUT2D eigenvalue weighted by Crippen LogP contribution is 2.36. The van der Waals surface area contributed by atoms with Crippen molar-refractivity contribution in [2.75, 3.05) is 33.9 Å². The van der Waals surface area contributed by atoms with E-state index in [-0.39, 0.29) is 6.04 Å². The Hall–Kier alpha value is -2.76. The molecule has 1 radical (unpaired) electrons. The molecule has 0 amide bonds. The van der Waals surface area contributed by atoms with Gasteiger partial charge in [0, 0.05) is 55.7 Å². The smallest absolute Gasteiger partial charge is 0.123 e. The number of piperazine rings is 1. The minimum atomic E-state index is 0.146. The van der Waals surface area contributed by atoms with Gasteiger partial charge in [-0.1, -0.05) is 43.2 Å². The second kappa shape index (κ2) is 11.1. The van der Waals surface area contributed by atoms with Crippen LogP contribution in [0.3, 0.4) is 0 Å². The summed E-state index contributed by atoms with van der Waals surface area (Å²) in [6.07, 6.45) is 4.69. The lowest BCUT2D eigenvalue weighted by atomic mass is 9.96. The zero-order valence-electron chi connectivity index (χ0n) is 21.3. The topological polar surface area (TPSA) is 40.7 Å². The second-order valence-corrected chi connectivity index (χ2v) is 9.32. The first-order chi connectivity index (χ1) is 16.5. The summed E-state index contributed by atoms with van der Waals surface area (Å²) >= 11 is 0. The van der Waals surface area contributed by atoms with E-state index in [2.05, 4.69) is 66.8 Å². The van der Waals surface area contributed by atoms with Crippen molar-refractivity contribution in [3.8, 4) is 22.6 Å². The number of hydrogen-bond acceptors (Lipinski definition) is 3. The Morgan fingerprint density at radius 3 is 2.53 bits per heavy atom. The molecule has 4 rings (SSSR count). The number of rotatable bonds is 9. The Morgan fingerprint density at radius 2 is 1.82 bits per heavy atom. The number of ether oxygens (including phenoxy) is 2. The van der Waals surface area contributed by atoms with Crippen molar-refractivity contribution in [1.29, 1.82) is 0 Å². The van der Waals surface area contributed by atoms with E-state index >= 15 is 0 Å². The molecule has 5 heteroatoms. The normalized spacial score (nSPS) is 16.6. The molecule has 0 N–H and O–H groups in total. The summed E-state index contributed by atoms with van der Waals surface area (Å²) in [5.74, 6) is 1.77. The Morgan fingerprint density at radius 1 is 1.03 bits per heavy atom. The van der Waals surface area contributed by atoms with Gasteiger partial charge in [-0.25, -0.2) is 5.32 Å². The van der Waals surface area contributed by atoms with Gasteiger partial charge in [0.1, 0.15) is 11.5 Å². The number of aromatic nitrogens is 1. The molecule has 1 fully saturated rings. The standard InChI is InChI=1S/C29H38N3O2/c1-6-7-15-32-18-22(3)28(23-10-8-21(2)9-11-23)29(32)26-20-31(16-14-30-26)19-24-17-25(33-4)12-13-27(24)34-5/h8-13,17-18,26H,6-7,14-16,19-20H2,1-5H3. The third-order valence-corrected chi connectivity index (χ3v) is 6.80. The van der Waals surface area contributed by atoms with Crippen LogP contribution < -0.4 is 14.8 Å². The lowest BCUT2D eigenvalue weighted by molar-refractivity contribution is 0.184. The van der Waals surface area contributed by atoms with Crippen LogP contribution in [0, 0.1) is 13.8 Å². The lowest BCUT2D eigenvalue weighted by Crippen LogP contribution is -2.42. The van der Waals surface area contributed by atoms with E-state index < -0.39 is 0 Å². The molecule has 3 aromatic rings. The summed E-state index contributed by atoms with van der Waals surface area (Å²) < 4.78 is 13.6. The summed E-state index contributed by atoms with van der Waals surface area (Å²) in [4.78, 5) is 2.50. The Balaban J connectivity index is 1.65. The Kier molecular flexibility index (Phi) is 7.96. The van der Waals surface area contributed by atoms with Crippen molar-refractivity contribution in [2.45, 2.75) is 52.7 Å². The molecule has 0 aliphatic carbocycles. The Labute approximate surface area is 204 Å². The number of hydrogen-bond donors (Lipinski definition) is 0. The van der Waals surface area contributed by atoms with Crippen LogP contribution in [-0.4, -0.2) is 43.3 Å². The highest BCUT2D eigenvalue weighted by molar-refractivity contribution is 5.71. The van der Waals surface area contributed by atoms with Gasteiger partial charge in [-0.2, -0.15) is 0 Å². The largest absolute Gasteiger partial charge is 0.497 e. The first kappa shape index (κ1) is 24.4. The van der Waals surface area contributed by atoms with Gasteiger partial charge in [-0.3, -0.25) is 4.90 Å². The van der Waals surface area contributed by atoms with E-state index in [1.165, 1.54) is 40.8 Å². The molecular weight excluding hydrogens is 422 g/mol. The van der Waals surface area contributed by atoms with E-state index in [1.807, 2.05) is 12.1 Å². The van der Waals surface area contributed by atoms with Crippen LogP contribution in [0.5, 0.6) is 11.5 Å². The van der Waals surface area contributed by atoms with Gasteiger partial charge in [0.25, 0.3) is 0 Å². The van der Waals surface area contributed by atoms with Gasteiger partial charge in [0.2, 0.25) is 0 Å². The summed E-state index contributed by atoms with van der Waals surface area (Å²) in [5, 5.41) is 5.14. The molecule has 181 valence electrons. The maximum atomic E-state index is 5.64. The van der Waals surface area contributed by atoms with Crippen LogP contribution in [0.2, 0.25) is 0 Å². The average molecular weight is 461 g/mol. The van der Waals surface area contributed by atoms with E-state index in [0.29, 0.717) is 0 Å². The van der Waals surface area contributed by atoms with Crippen molar-refractivity contribution in [1.82, 2.24) is 14.8 Å². The Bertz CT molecular complexity index is 1090. The van der Waals surface area contributed by atoms with Crippen molar-refractivity contribution in [3.63, 3.8) is 0 Å². The van der Waals surface area contributed by atoms with Crippen molar-refractivity contribution < 1.29 is 9.47 Å². The summed E-state index contributed by atoms with van der Waals surface area (Å²) in [6, 6.07) is 15.1. The lowest BCUT2D eigenvalue weighted by Gasteiger charge is -2.34. The van der Waals surface area contributed by atoms with Crippen molar-refractivity contribution in [3.05, 3.63) is 71.0 Å². The zero-order valence-corrected chi connectivity index (χ0v) is 21.3. The highest BCUT2D eigenvalue weighted by atomic mass is 16.5. The summed E-state index contributed by atoms with van der Waals surface area (Å²) in [6.45, 7) is 11.2. The average Bonchev–Trinajstić information content (AvgIpc) is 3.19. The molecule has 2 aromatic carbocycles. The number of aryl methyl sites for hydroxylation is 3. The summed E-state index contributed by atoms with van der Waals surface area (Å²) in [7, 11) is 3.44. The van der Waals surface area contributed by atoms with E-state index in [9.17, 15) is 0 Å². The van der Waals surface area contributed by atoms with Gasteiger partial charge in [0.15, 0.2) is 0 Å². The van der Waals surface area contributed by atoms with Crippen LogP contribution in [0.4, 0.5) is 0 Å². The first-order valence-electron chi connectivity index (χ1n) is 12.4. The third-order valence-electron chi connectivity index (χ3n) is 6.80. The van der Waals surface area contributed by atoms with Crippen LogP contribution in [0.25, 0.3) is 11.1 Å². The minimum Gasteiger partial charge on any atom is -0.497 e. The molecule has 0 spiro atoms. The van der Waals surface area contributed by atoms with Crippen LogP contribution in [0.15, 0.2) is 48.7 Å². The molecule has 1 aliphatic rings. The van der Waals surface area contributed by atoms with Gasteiger partial charge in [-0.05, 0) is 49.6 Å². The quantitative estimate of drug-likeness (QED) is 0.408. The SMILES string of the molecule is CCCCn1cc(C)c(-c2ccc(C)cc2)c1C1CN(Cc2cc(OC)ccc2OC)CC[N]1. The van der Waals surface area contributed by atoms with Crippen LogP contribution in [-0.2, 0) is 13.1 Å². The number of unbranched alkanes of at least 4 members (excludes halogenated alkanes) is 1. The molecule has 1 unspecified atom stereocenters. The number of nitrogens with zero attached hydrogens (tertiary/aromatic N) is 3. The maximum absolute atomic E-state index is 5.64. The molecule has 0 saturated carbocycles. The van der Waals surface area contributed by atoms with E-state index in [0.717, 1.165) is 49.8 Å². The number of methoxy groups -OCH3 is 2. The molecule has 1 aromatic heterocycles. The fraction of sp³-hybridized carbons (Fsp3) is 0.448. The monoisotopic (exact) mass is 460 g/mol. The zero-order chi connectivity index (χ0) is 24.1. The van der Waals surface area contributed by atoms with E-state index in [4.69, 9.17) is 14.8 Å². The molecule has 1 saturated heterocycles. The maximum Gasteiger partial charge on any atom is 0.123 e. The predicted octanol–water partition coefficient (Wildman–Crippen LogP) is 5.75. The van der Waals surface area contributed by atoms with Crippen molar-refractivity contribution >= 4 is 0 Å². The van der Waals surface area contributed by atoms with E-state index in [1.54, 1.807) is 14.2 Å². The molecule has 1 aliphatic heterocycles. The number of benzene rings is 2. The van der Waals surface area contributed by atoms with Gasteiger partial charge >= 0.3 is 0 Å². The van der Waals surface area contributed by atoms with Gasteiger partial charge in [0.05, 0.1) is 20.3 Å². The van der Waals surface area contributed by atoms with Gasteiger partial charge < -0.3 is 14.0 Å². The molecule has 2 heterocycles. The molecule has 1 atom stereocenters. The first-order valence-corrected chi connectivity index (χ1v) is 12.4. The highest BCUT2D eigenvalue weighted by Gasteiger charge is 2.29. The minimum absolute atomic E-state index is 0.146. The van der Waals surface area contributed by atoms with Crippen LogP contribution in [0.1, 0.15) is 48.2 Å².